The molecule has 0 aromatic heterocycles. The number of methoxy groups -OCH3 is 2. The molecule has 0 radical (unpaired) electrons. The predicted molar refractivity (Wildman–Crippen MR) is 55.4 cm³/mol. The number of piperidine rings is 1. The first kappa shape index (κ1) is 10.4. The van der Waals surface area contributed by atoms with E-state index in [2.05, 4.69) is 4.90 Å². The quantitative estimate of drug-likeness (QED) is 0.680. The molecule has 0 saturated carbocycles. The molecule has 0 N–H and O–H groups in total. The van der Waals surface area contributed by atoms with Crippen molar-refractivity contribution in [3.8, 4) is 0 Å². The lowest BCUT2D eigenvalue weighted by Gasteiger charge is -2.38. The van der Waals surface area contributed by atoms with Gasteiger partial charge in [-0.25, -0.2) is 0 Å². The Hall–Kier alpha value is -0.120. The first-order valence-electron chi connectivity index (χ1n) is 5.62. The number of fused-ring (bicyclic) bond motifs is 2. The Kier molecular flexibility index (Phi) is 3.42. The molecule has 2 saturated heterocycles. The third-order valence-corrected chi connectivity index (χ3v) is 3.73. The van der Waals surface area contributed by atoms with Crippen molar-refractivity contribution in [2.24, 2.45) is 0 Å². The molecule has 2 fully saturated rings. The minimum atomic E-state index is 0.506. The van der Waals surface area contributed by atoms with E-state index in [1.54, 1.807) is 7.11 Å². The van der Waals surface area contributed by atoms with Crippen molar-refractivity contribution in [1.29, 1.82) is 0 Å². The van der Waals surface area contributed by atoms with Crippen LogP contribution in [0.3, 0.4) is 0 Å². The first-order valence-corrected chi connectivity index (χ1v) is 5.62. The van der Waals surface area contributed by atoms with Crippen LogP contribution in [0.4, 0.5) is 0 Å². The molecule has 2 unspecified atom stereocenters. The molecule has 2 rings (SSSR count). The van der Waals surface area contributed by atoms with Crippen LogP contribution >= 0.6 is 0 Å². The molecule has 3 heteroatoms. The van der Waals surface area contributed by atoms with E-state index >= 15 is 0 Å². The minimum Gasteiger partial charge on any atom is -0.383 e. The van der Waals surface area contributed by atoms with Crippen LogP contribution in [0.2, 0.25) is 0 Å². The minimum absolute atomic E-state index is 0.506. The molecule has 0 aromatic rings. The SMILES string of the molecule is COCCN1C2CCC1CC(OC)C2. The molecule has 2 atom stereocenters. The molecule has 3 nitrogen and oxygen atoms in total. The largest absolute Gasteiger partial charge is 0.383 e. The summed E-state index contributed by atoms with van der Waals surface area (Å²) in [6.45, 7) is 1.97. The molecule has 2 aliphatic heterocycles. The van der Waals surface area contributed by atoms with Crippen molar-refractivity contribution in [2.45, 2.75) is 43.9 Å². The Balaban J connectivity index is 1.89. The van der Waals surface area contributed by atoms with E-state index in [1.165, 1.54) is 25.7 Å². The van der Waals surface area contributed by atoms with Crippen LogP contribution in [-0.4, -0.2) is 50.5 Å². The second-order valence-corrected chi connectivity index (χ2v) is 4.44. The number of hydrogen-bond acceptors (Lipinski definition) is 3. The highest BCUT2D eigenvalue weighted by molar-refractivity contribution is 4.95. The van der Waals surface area contributed by atoms with Gasteiger partial charge in [0.15, 0.2) is 0 Å². The summed E-state index contributed by atoms with van der Waals surface area (Å²) in [4.78, 5) is 2.62. The number of ether oxygens (including phenoxy) is 2. The molecule has 2 aliphatic rings. The lowest BCUT2D eigenvalue weighted by atomic mass is 10.00. The maximum atomic E-state index is 5.47. The summed E-state index contributed by atoms with van der Waals surface area (Å²) in [7, 11) is 3.62. The molecule has 0 aliphatic carbocycles. The van der Waals surface area contributed by atoms with Crippen molar-refractivity contribution in [1.82, 2.24) is 4.90 Å². The van der Waals surface area contributed by atoms with Gasteiger partial charge in [0.25, 0.3) is 0 Å². The van der Waals surface area contributed by atoms with Crippen LogP contribution in [0.15, 0.2) is 0 Å². The monoisotopic (exact) mass is 199 g/mol. The van der Waals surface area contributed by atoms with Crippen molar-refractivity contribution >= 4 is 0 Å². The van der Waals surface area contributed by atoms with Gasteiger partial charge in [0.2, 0.25) is 0 Å². The Morgan fingerprint density at radius 2 is 1.79 bits per heavy atom. The second kappa shape index (κ2) is 4.60. The van der Waals surface area contributed by atoms with Gasteiger partial charge in [-0.05, 0) is 25.7 Å². The van der Waals surface area contributed by atoms with E-state index in [4.69, 9.17) is 9.47 Å². The van der Waals surface area contributed by atoms with Gasteiger partial charge in [-0.15, -0.1) is 0 Å². The standard InChI is InChI=1S/C11H21NO2/c1-13-6-5-12-9-3-4-10(12)8-11(7-9)14-2/h9-11H,3-8H2,1-2H3. The topological polar surface area (TPSA) is 21.7 Å². The van der Waals surface area contributed by atoms with Crippen LogP contribution in [-0.2, 0) is 9.47 Å². The molecule has 2 bridgehead atoms. The van der Waals surface area contributed by atoms with Gasteiger partial charge in [-0.2, -0.15) is 0 Å². The Labute approximate surface area is 86.4 Å². The van der Waals surface area contributed by atoms with Crippen LogP contribution < -0.4 is 0 Å². The first-order chi connectivity index (χ1) is 6.85. The third kappa shape index (κ3) is 1.95. The molecule has 14 heavy (non-hydrogen) atoms. The van der Waals surface area contributed by atoms with E-state index in [1.807, 2.05) is 7.11 Å². The summed E-state index contributed by atoms with van der Waals surface area (Å²) in [6.07, 6.45) is 5.65. The maximum Gasteiger partial charge on any atom is 0.0601 e. The molecule has 0 spiro atoms. The predicted octanol–water partition coefficient (Wildman–Crippen LogP) is 1.27. The molecular formula is C11H21NO2. The van der Waals surface area contributed by atoms with Gasteiger partial charge in [0.1, 0.15) is 0 Å². The van der Waals surface area contributed by atoms with Crippen molar-refractivity contribution in [3.63, 3.8) is 0 Å². The zero-order chi connectivity index (χ0) is 9.97. The summed E-state index contributed by atoms with van der Waals surface area (Å²) >= 11 is 0. The summed E-state index contributed by atoms with van der Waals surface area (Å²) in [5.41, 5.74) is 0. The summed E-state index contributed by atoms with van der Waals surface area (Å²) in [6, 6.07) is 1.52. The van der Waals surface area contributed by atoms with Gasteiger partial charge in [-0.3, -0.25) is 4.90 Å². The van der Waals surface area contributed by atoms with Gasteiger partial charge < -0.3 is 9.47 Å². The van der Waals surface area contributed by atoms with Gasteiger partial charge >= 0.3 is 0 Å². The lowest BCUT2D eigenvalue weighted by molar-refractivity contribution is -0.00247. The van der Waals surface area contributed by atoms with Crippen molar-refractivity contribution < 1.29 is 9.47 Å². The highest BCUT2D eigenvalue weighted by Gasteiger charge is 2.40. The van der Waals surface area contributed by atoms with E-state index in [-0.39, 0.29) is 0 Å². The third-order valence-electron chi connectivity index (χ3n) is 3.73. The van der Waals surface area contributed by atoms with Crippen LogP contribution in [0.1, 0.15) is 25.7 Å². The molecule has 2 heterocycles. The van der Waals surface area contributed by atoms with Crippen LogP contribution in [0, 0.1) is 0 Å². The Morgan fingerprint density at radius 1 is 1.14 bits per heavy atom. The van der Waals surface area contributed by atoms with E-state index in [9.17, 15) is 0 Å². The average Bonchev–Trinajstić information content (AvgIpc) is 2.46. The molecular weight excluding hydrogens is 178 g/mol. The number of rotatable bonds is 4. The van der Waals surface area contributed by atoms with Crippen molar-refractivity contribution in [2.75, 3.05) is 27.4 Å². The number of nitrogens with zero attached hydrogens (tertiary/aromatic N) is 1. The normalized spacial score (nSPS) is 37.7. The number of hydrogen-bond donors (Lipinski definition) is 0. The fourth-order valence-electron chi connectivity index (χ4n) is 2.98. The van der Waals surface area contributed by atoms with Crippen molar-refractivity contribution in [3.05, 3.63) is 0 Å². The van der Waals surface area contributed by atoms with Crippen LogP contribution in [0.25, 0.3) is 0 Å². The van der Waals surface area contributed by atoms with Gasteiger partial charge in [0, 0.05) is 32.8 Å². The second-order valence-electron chi connectivity index (χ2n) is 4.44. The molecule has 0 amide bonds. The van der Waals surface area contributed by atoms with E-state index < -0.39 is 0 Å². The molecule has 0 aromatic carbocycles. The van der Waals surface area contributed by atoms with Gasteiger partial charge in [-0.1, -0.05) is 0 Å². The summed E-state index contributed by atoms with van der Waals surface area (Å²) < 4.78 is 10.6. The Morgan fingerprint density at radius 3 is 2.29 bits per heavy atom. The fourth-order valence-corrected chi connectivity index (χ4v) is 2.98. The van der Waals surface area contributed by atoms with E-state index in [0.29, 0.717) is 6.10 Å². The fraction of sp³-hybridized carbons (Fsp3) is 1.00. The van der Waals surface area contributed by atoms with Gasteiger partial charge in [0.05, 0.1) is 12.7 Å². The average molecular weight is 199 g/mol. The molecule has 82 valence electrons. The highest BCUT2D eigenvalue weighted by Crippen LogP contribution is 2.36. The smallest absolute Gasteiger partial charge is 0.0601 e. The highest BCUT2D eigenvalue weighted by atomic mass is 16.5. The zero-order valence-corrected chi connectivity index (χ0v) is 9.24. The summed E-state index contributed by atoms with van der Waals surface area (Å²) in [5.74, 6) is 0. The van der Waals surface area contributed by atoms with E-state index in [0.717, 1.165) is 25.2 Å². The zero-order valence-electron chi connectivity index (χ0n) is 9.24. The van der Waals surface area contributed by atoms with Crippen LogP contribution in [0.5, 0.6) is 0 Å². The Bertz CT molecular complexity index is 172. The maximum absolute atomic E-state index is 5.47. The summed E-state index contributed by atoms with van der Waals surface area (Å²) in [5, 5.41) is 0. The lowest BCUT2D eigenvalue weighted by Crippen LogP contribution is -2.46.